The summed E-state index contributed by atoms with van der Waals surface area (Å²) in [5, 5.41) is 5.29. The van der Waals surface area contributed by atoms with E-state index in [1.54, 1.807) is 18.2 Å². The molecule has 0 saturated heterocycles. The fourth-order valence-electron chi connectivity index (χ4n) is 2.28. The van der Waals surface area contributed by atoms with Crippen LogP contribution in [0.15, 0.2) is 35.7 Å². The van der Waals surface area contributed by atoms with Crippen LogP contribution in [0.4, 0.5) is 0 Å². The maximum Gasteiger partial charge on any atom is 0.307 e. The number of methoxy groups -OCH3 is 1. The van der Waals surface area contributed by atoms with Gasteiger partial charge in [-0.1, -0.05) is 36.7 Å². The number of hydrogen-bond acceptors (Lipinski definition) is 4. The Morgan fingerprint density at radius 2 is 2.04 bits per heavy atom. The first-order valence-electron chi connectivity index (χ1n) is 7.25. The van der Waals surface area contributed by atoms with E-state index >= 15 is 0 Å². The number of halogens is 1. The minimum Gasteiger partial charge on any atom is -0.469 e. The summed E-state index contributed by atoms with van der Waals surface area (Å²) in [4.78, 5) is 24.9. The monoisotopic (exact) mass is 351 g/mol. The van der Waals surface area contributed by atoms with Gasteiger partial charge < -0.3 is 10.1 Å². The van der Waals surface area contributed by atoms with Gasteiger partial charge in [-0.15, -0.1) is 11.3 Å². The maximum absolute atomic E-state index is 12.6. The summed E-state index contributed by atoms with van der Waals surface area (Å²) in [7, 11) is 1.32. The van der Waals surface area contributed by atoms with Gasteiger partial charge in [0.05, 0.1) is 24.4 Å². The molecule has 6 heteroatoms. The van der Waals surface area contributed by atoms with Gasteiger partial charge in [0.25, 0.3) is 5.91 Å². The highest BCUT2D eigenvalue weighted by Crippen LogP contribution is 2.27. The number of thiophene rings is 1. The first-order chi connectivity index (χ1) is 11.1. The molecular weight excluding hydrogens is 334 g/mol. The SMILES string of the molecule is CCc1ccsc1C(=O)NC(CC(=O)OC)c1ccccc1Cl. The largest absolute Gasteiger partial charge is 0.469 e. The Morgan fingerprint density at radius 3 is 2.70 bits per heavy atom. The second kappa shape index (κ2) is 8.13. The molecule has 0 aliphatic heterocycles. The molecule has 0 spiro atoms. The van der Waals surface area contributed by atoms with Crippen molar-refractivity contribution in [3.05, 3.63) is 56.7 Å². The van der Waals surface area contributed by atoms with Crippen molar-refractivity contribution < 1.29 is 14.3 Å². The van der Waals surface area contributed by atoms with Gasteiger partial charge in [-0.05, 0) is 35.1 Å². The van der Waals surface area contributed by atoms with Gasteiger partial charge in [0, 0.05) is 5.02 Å². The Kier molecular flexibility index (Phi) is 6.19. The zero-order chi connectivity index (χ0) is 16.8. The molecule has 0 aliphatic rings. The highest BCUT2D eigenvalue weighted by Gasteiger charge is 2.23. The first kappa shape index (κ1) is 17.5. The Morgan fingerprint density at radius 1 is 1.30 bits per heavy atom. The van der Waals surface area contributed by atoms with Gasteiger partial charge in [-0.25, -0.2) is 0 Å². The summed E-state index contributed by atoms with van der Waals surface area (Å²) in [5.41, 5.74) is 1.69. The van der Waals surface area contributed by atoms with E-state index in [9.17, 15) is 9.59 Å². The van der Waals surface area contributed by atoms with E-state index in [4.69, 9.17) is 16.3 Å². The highest BCUT2D eigenvalue weighted by molar-refractivity contribution is 7.12. The van der Waals surface area contributed by atoms with E-state index in [1.165, 1.54) is 18.4 Å². The second-order valence-electron chi connectivity index (χ2n) is 4.96. The maximum atomic E-state index is 12.6. The summed E-state index contributed by atoms with van der Waals surface area (Å²) in [5.74, 6) is -0.609. The smallest absolute Gasteiger partial charge is 0.307 e. The third-order valence-corrected chi connectivity index (χ3v) is 4.82. The standard InChI is InChI=1S/C17H18ClNO3S/c1-3-11-8-9-23-16(11)17(21)19-14(10-15(20)22-2)12-6-4-5-7-13(12)18/h4-9,14H,3,10H2,1-2H3,(H,19,21). The number of esters is 1. The van der Waals surface area contributed by atoms with Crippen LogP contribution in [0.25, 0.3) is 0 Å². The van der Waals surface area contributed by atoms with Crippen molar-refractivity contribution in [3.8, 4) is 0 Å². The Balaban J connectivity index is 2.26. The summed E-state index contributed by atoms with van der Waals surface area (Å²) in [6, 6.07) is 8.55. The lowest BCUT2D eigenvalue weighted by molar-refractivity contribution is -0.141. The number of hydrogen-bond donors (Lipinski definition) is 1. The minimum absolute atomic E-state index is 0.0266. The topological polar surface area (TPSA) is 55.4 Å². The fourth-order valence-corrected chi connectivity index (χ4v) is 3.45. The molecule has 1 heterocycles. The third kappa shape index (κ3) is 4.33. The molecule has 0 aliphatic carbocycles. The Bertz CT molecular complexity index is 699. The number of amides is 1. The van der Waals surface area contributed by atoms with Crippen molar-refractivity contribution in [1.82, 2.24) is 5.32 Å². The van der Waals surface area contributed by atoms with Gasteiger partial charge in [0.15, 0.2) is 0 Å². The summed E-state index contributed by atoms with van der Waals surface area (Å²) < 4.78 is 4.73. The number of nitrogens with one attached hydrogen (secondary N) is 1. The van der Waals surface area contributed by atoms with Crippen LogP contribution in [0.3, 0.4) is 0 Å². The van der Waals surface area contributed by atoms with Crippen molar-refractivity contribution >= 4 is 34.8 Å². The molecule has 2 rings (SSSR count). The van der Waals surface area contributed by atoms with E-state index in [2.05, 4.69) is 5.32 Å². The van der Waals surface area contributed by atoms with Gasteiger partial charge in [-0.2, -0.15) is 0 Å². The van der Waals surface area contributed by atoms with Crippen molar-refractivity contribution in [2.75, 3.05) is 7.11 Å². The lowest BCUT2D eigenvalue weighted by Crippen LogP contribution is -2.30. The van der Waals surface area contributed by atoms with Crippen LogP contribution in [0.5, 0.6) is 0 Å². The van der Waals surface area contributed by atoms with Crippen LogP contribution < -0.4 is 5.32 Å². The average Bonchev–Trinajstić information content (AvgIpc) is 3.03. The predicted octanol–water partition coefficient (Wildman–Crippen LogP) is 4.00. The van der Waals surface area contributed by atoms with E-state index in [-0.39, 0.29) is 12.3 Å². The average molecular weight is 352 g/mol. The molecular formula is C17H18ClNO3S. The molecule has 0 saturated carbocycles. The molecule has 2 aromatic rings. The molecule has 0 bridgehead atoms. The van der Waals surface area contributed by atoms with Crippen LogP contribution in [0.1, 0.15) is 40.2 Å². The highest BCUT2D eigenvalue weighted by atomic mass is 35.5. The van der Waals surface area contributed by atoms with E-state index < -0.39 is 12.0 Å². The van der Waals surface area contributed by atoms with Crippen LogP contribution in [0.2, 0.25) is 5.02 Å². The zero-order valence-corrected chi connectivity index (χ0v) is 14.5. The zero-order valence-electron chi connectivity index (χ0n) is 13.0. The van der Waals surface area contributed by atoms with Gasteiger partial charge in [-0.3, -0.25) is 9.59 Å². The van der Waals surface area contributed by atoms with Crippen LogP contribution in [0, 0.1) is 0 Å². The second-order valence-corrected chi connectivity index (χ2v) is 6.28. The molecule has 0 fully saturated rings. The molecule has 1 amide bonds. The molecule has 1 aromatic carbocycles. The van der Waals surface area contributed by atoms with Crippen molar-refractivity contribution in [1.29, 1.82) is 0 Å². The number of ether oxygens (including phenoxy) is 1. The van der Waals surface area contributed by atoms with Gasteiger partial charge in [0.2, 0.25) is 0 Å². The quantitative estimate of drug-likeness (QED) is 0.800. The molecule has 1 unspecified atom stereocenters. The van der Waals surface area contributed by atoms with Gasteiger partial charge >= 0.3 is 5.97 Å². The van der Waals surface area contributed by atoms with Crippen LogP contribution in [-0.4, -0.2) is 19.0 Å². The normalized spacial score (nSPS) is 11.8. The molecule has 1 aromatic heterocycles. The Labute approximate surface area is 144 Å². The van der Waals surface area contributed by atoms with E-state index in [0.29, 0.717) is 15.5 Å². The lowest BCUT2D eigenvalue weighted by Gasteiger charge is -2.19. The number of carbonyl (C=O) groups excluding carboxylic acids is 2. The number of aryl methyl sites for hydroxylation is 1. The molecule has 1 N–H and O–H groups in total. The Hall–Kier alpha value is -1.85. The molecule has 1 atom stereocenters. The molecule has 23 heavy (non-hydrogen) atoms. The third-order valence-electron chi connectivity index (χ3n) is 3.52. The lowest BCUT2D eigenvalue weighted by atomic mass is 10.0. The molecule has 4 nitrogen and oxygen atoms in total. The van der Waals surface area contributed by atoms with Crippen molar-refractivity contribution in [3.63, 3.8) is 0 Å². The summed E-state index contributed by atoms with van der Waals surface area (Å²) in [6.45, 7) is 2.00. The van der Waals surface area contributed by atoms with E-state index in [1.807, 2.05) is 24.4 Å². The number of rotatable bonds is 6. The van der Waals surface area contributed by atoms with Crippen molar-refractivity contribution in [2.45, 2.75) is 25.8 Å². The first-order valence-corrected chi connectivity index (χ1v) is 8.51. The van der Waals surface area contributed by atoms with E-state index in [0.717, 1.165) is 12.0 Å². The summed E-state index contributed by atoms with van der Waals surface area (Å²) in [6.07, 6.45) is 0.804. The van der Waals surface area contributed by atoms with Gasteiger partial charge in [0.1, 0.15) is 0 Å². The minimum atomic E-state index is -0.532. The number of carbonyl (C=O) groups is 2. The van der Waals surface area contributed by atoms with Crippen LogP contribution in [-0.2, 0) is 16.0 Å². The molecule has 122 valence electrons. The fraction of sp³-hybridized carbons (Fsp3) is 0.294. The molecule has 0 radical (unpaired) electrons. The summed E-state index contributed by atoms with van der Waals surface area (Å²) >= 11 is 7.60. The van der Waals surface area contributed by atoms with Crippen LogP contribution >= 0.6 is 22.9 Å². The number of benzene rings is 1. The van der Waals surface area contributed by atoms with Crippen molar-refractivity contribution in [2.24, 2.45) is 0 Å². The predicted molar refractivity (Wildman–Crippen MR) is 92.0 cm³/mol.